The number of fused-ring (bicyclic) bond motifs is 1. The van der Waals surface area contributed by atoms with Gasteiger partial charge < -0.3 is 10.4 Å². The van der Waals surface area contributed by atoms with E-state index in [1.54, 1.807) is 0 Å². The summed E-state index contributed by atoms with van der Waals surface area (Å²) in [6.07, 6.45) is 5.90. The maximum atomic E-state index is 12.2. The summed E-state index contributed by atoms with van der Waals surface area (Å²) in [5, 5.41) is 12.2. The van der Waals surface area contributed by atoms with Crippen LogP contribution in [-0.4, -0.2) is 29.4 Å². The van der Waals surface area contributed by atoms with Crippen LogP contribution in [0.4, 0.5) is 0 Å². The number of Topliss-reactive ketones (excluding diaryl/α,β-unsaturated/α-hetero) is 1. The van der Waals surface area contributed by atoms with Crippen molar-refractivity contribution in [3.63, 3.8) is 0 Å². The van der Waals surface area contributed by atoms with Gasteiger partial charge in [-0.1, -0.05) is 19.1 Å². The Hall–Kier alpha value is -1.68. The van der Waals surface area contributed by atoms with Gasteiger partial charge in [0.2, 0.25) is 5.91 Å². The fourth-order valence-electron chi connectivity index (χ4n) is 2.95. The largest absolute Gasteiger partial charge is 0.393 e. The first kappa shape index (κ1) is 17.7. The number of hydrogen-bond acceptors (Lipinski definition) is 3. The zero-order valence-corrected chi connectivity index (χ0v) is 13.9. The van der Waals surface area contributed by atoms with E-state index in [9.17, 15) is 14.7 Å². The molecular weight excluding hydrogens is 290 g/mol. The minimum Gasteiger partial charge on any atom is -0.393 e. The Bertz CT molecular complexity index is 554. The highest BCUT2D eigenvalue weighted by Crippen LogP contribution is 2.22. The molecule has 1 aromatic carbocycles. The molecule has 0 aliphatic heterocycles. The summed E-state index contributed by atoms with van der Waals surface area (Å²) in [5.74, 6) is -0.0956. The molecule has 0 radical (unpaired) electrons. The van der Waals surface area contributed by atoms with Gasteiger partial charge in [0.25, 0.3) is 0 Å². The van der Waals surface area contributed by atoms with Crippen molar-refractivity contribution in [3.05, 3.63) is 34.9 Å². The zero-order chi connectivity index (χ0) is 16.7. The second kappa shape index (κ2) is 8.82. The van der Waals surface area contributed by atoms with Gasteiger partial charge in [0.05, 0.1) is 6.10 Å². The van der Waals surface area contributed by atoms with Gasteiger partial charge in [-0.15, -0.1) is 0 Å². The highest BCUT2D eigenvalue weighted by Gasteiger charge is 2.14. The molecule has 0 bridgehead atoms. The molecule has 2 N–H and O–H groups in total. The fraction of sp³-hybridized carbons (Fsp3) is 0.579. The third-order valence-corrected chi connectivity index (χ3v) is 4.52. The van der Waals surface area contributed by atoms with E-state index >= 15 is 0 Å². The molecule has 1 unspecified atom stereocenters. The number of hydrogen-bond donors (Lipinski definition) is 2. The summed E-state index contributed by atoms with van der Waals surface area (Å²) in [6.45, 7) is 2.37. The van der Waals surface area contributed by atoms with Gasteiger partial charge in [-0.05, 0) is 55.7 Å². The molecule has 0 saturated carbocycles. The van der Waals surface area contributed by atoms with E-state index in [1.165, 1.54) is 24.0 Å². The Kier molecular flexibility index (Phi) is 6.78. The lowest BCUT2D eigenvalue weighted by Crippen LogP contribution is -2.27. The maximum absolute atomic E-state index is 12.2. The summed E-state index contributed by atoms with van der Waals surface area (Å²) < 4.78 is 0. The van der Waals surface area contributed by atoms with Gasteiger partial charge in [0.15, 0.2) is 5.78 Å². The first-order chi connectivity index (χ1) is 11.1. The van der Waals surface area contributed by atoms with Crippen molar-refractivity contribution in [2.75, 3.05) is 6.54 Å². The van der Waals surface area contributed by atoms with Crippen molar-refractivity contribution in [3.8, 4) is 0 Å². The van der Waals surface area contributed by atoms with Gasteiger partial charge in [-0.25, -0.2) is 0 Å². The van der Waals surface area contributed by atoms with Crippen LogP contribution >= 0.6 is 0 Å². The summed E-state index contributed by atoms with van der Waals surface area (Å²) in [7, 11) is 0. The van der Waals surface area contributed by atoms with E-state index in [1.807, 2.05) is 19.1 Å². The summed E-state index contributed by atoms with van der Waals surface area (Å²) in [6, 6.07) is 5.96. The third kappa shape index (κ3) is 5.47. The Morgan fingerprint density at radius 1 is 1.17 bits per heavy atom. The number of nitrogens with one attached hydrogen (secondary N) is 1. The van der Waals surface area contributed by atoms with E-state index in [-0.39, 0.29) is 30.6 Å². The average molecular weight is 317 g/mol. The molecule has 0 aromatic heterocycles. The lowest BCUT2D eigenvalue weighted by atomic mass is 9.89. The molecule has 1 aromatic rings. The molecule has 0 fully saturated rings. The number of aliphatic hydroxyl groups excluding tert-OH is 1. The second-order valence-corrected chi connectivity index (χ2v) is 6.31. The molecule has 1 aliphatic carbocycles. The molecule has 23 heavy (non-hydrogen) atoms. The quantitative estimate of drug-likeness (QED) is 0.725. The van der Waals surface area contributed by atoms with Crippen LogP contribution in [0.3, 0.4) is 0 Å². The monoisotopic (exact) mass is 317 g/mol. The van der Waals surface area contributed by atoms with Crippen LogP contribution in [0.2, 0.25) is 0 Å². The number of rotatable bonds is 8. The van der Waals surface area contributed by atoms with Crippen molar-refractivity contribution in [2.45, 2.75) is 64.4 Å². The first-order valence-corrected chi connectivity index (χ1v) is 8.70. The molecule has 0 saturated heterocycles. The van der Waals surface area contributed by atoms with Gasteiger partial charge >= 0.3 is 0 Å². The van der Waals surface area contributed by atoms with Gasteiger partial charge in [0.1, 0.15) is 0 Å². The first-order valence-electron chi connectivity index (χ1n) is 8.70. The van der Waals surface area contributed by atoms with E-state index in [0.717, 1.165) is 18.4 Å². The van der Waals surface area contributed by atoms with Crippen molar-refractivity contribution < 1.29 is 14.7 Å². The Labute approximate surface area is 138 Å². The Balaban J connectivity index is 1.77. The highest BCUT2D eigenvalue weighted by molar-refractivity contribution is 5.98. The molecule has 2 rings (SSSR count). The molecular formula is C19H27NO3. The van der Waals surface area contributed by atoms with Gasteiger partial charge in [-0.2, -0.15) is 0 Å². The van der Waals surface area contributed by atoms with E-state index < -0.39 is 0 Å². The smallest absolute Gasteiger partial charge is 0.220 e. The molecule has 4 heteroatoms. The predicted octanol–water partition coefficient (Wildman–Crippen LogP) is 2.81. The normalized spacial score (nSPS) is 14.9. The highest BCUT2D eigenvalue weighted by atomic mass is 16.3. The van der Waals surface area contributed by atoms with Gasteiger partial charge in [-0.3, -0.25) is 9.59 Å². The van der Waals surface area contributed by atoms with Crippen LogP contribution in [-0.2, 0) is 17.6 Å². The predicted molar refractivity (Wildman–Crippen MR) is 90.6 cm³/mol. The number of ketones is 1. The standard InChI is InChI=1S/C19H27NO3/c1-2-17(21)11-12-20-19(23)10-9-18(22)16-8-7-14-5-3-4-6-15(14)13-16/h7-8,13,17,21H,2-6,9-12H2,1H3,(H,20,23). The van der Waals surface area contributed by atoms with Crippen molar-refractivity contribution in [1.29, 1.82) is 0 Å². The van der Waals surface area contributed by atoms with Crippen molar-refractivity contribution in [2.24, 2.45) is 0 Å². The van der Waals surface area contributed by atoms with Crippen LogP contribution in [0.1, 0.15) is 66.9 Å². The van der Waals surface area contributed by atoms with Gasteiger partial charge in [0, 0.05) is 24.9 Å². The number of carbonyl (C=O) groups is 2. The zero-order valence-electron chi connectivity index (χ0n) is 13.9. The van der Waals surface area contributed by atoms with Crippen molar-refractivity contribution in [1.82, 2.24) is 5.32 Å². The summed E-state index contributed by atoms with van der Waals surface area (Å²) in [4.78, 5) is 24.0. The molecule has 126 valence electrons. The SMILES string of the molecule is CCC(O)CCNC(=O)CCC(=O)c1ccc2c(c1)CCCC2. The Morgan fingerprint density at radius 3 is 2.65 bits per heavy atom. The number of carbonyl (C=O) groups excluding carboxylic acids is 2. The molecule has 0 spiro atoms. The summed E-state index contributed by atoms with van der Waals surface area (Å²) in [5.41, 5.74) is 3.37. The van der Waals surface area contributed by atoms with E-state index in [4.69, 9.17) is 0 Å². The van der Waals surface area contributed by atoms with Crippen LogP contribution in [0.15, 0.2) is 18.2 Å². The number of aryl methyl sites for hydroxylation is 2. The number of benzene rings is 1. The lowest BCUT2D eigenvalue weighted by Gasteiger charge is -2.16. The molecule has 1 aliphatic rings. The molecule has 0 heterocycles. The van der Waals surface area contributed by atoms with Crippen molar-refractivity contribution >= 4 is 11.7 Å². The van der Waals surface area contributed by atoms with Crippen LogP contribution in [0, 0.1) is 0 Å². The third-order valence-electron chi connectivity index (χ3n) is 4.52. The molecule has 4 nitrogen and oxygen atoms in total. The molecule has 1 amide bonds. The topological polar surface area (TPSA) is 66.4 Å². The maximum Gasteiger partial charge on any atom is 0.220 e. The molecule has 1 atom stereocenters. The van der Waals surface area contributed by atoms with Crippen LogP contribution in [0.25, 0.3) is 0 Å². The summed E-state index contributed by atoms with van der Waals surface area (Å²) >= 11 is 0. The van der Waals surface area contributed by atoms with E-state index in [2.05, 4.69) is 11.4 Å². The van der Waals surface area contributed by atoms with E-state index in [0.29, 0.717) is 19.4 Å². The number of aliphatic hydroxyl groups is 1. The van der Waals surface area contributed by atoms with Crippen LogP contribution < -0.4 is 5.32 Å². The average Bonchev–Trinajstić information content (AvgIpc) is 2.59. The second-order valence-electron chi connectivity index (χ2n) is 6.31. The number of amides is 1. The fourth-order valence-corrected chi connectivity index (χ4v) is 2.95. The minimum atomic E-state index is -0.368. The Morgan fingerprint density at radius 2 is 1.91 bits per heavy atom. The van der Waals surface area contributed by atoms with Crippen LogP contribution in [0.5, 0.6) is 0 Å². The minimum absolute atomic E-state index is 0.0297. The lowest BCUT2D eigenvalue weighted by molar-refractivity contribution is -0.121.